The summed E-state index contributed by atoms with van der Waals surface area (Å²) in [4.78, 5) is 9.40. The van der Waals surface area contributed by atoms with Crippen LogP contribution in [0, 0.1) is 0 Å². The molecule has 3 nitrogen and oxygen atoms in total. The van der Waals surface area contributed by atoms with Crippen LogP contribution in [0.15, 0.2) is 0 Å². The highest BCUT2D eigenvalue weighted by molar-refractivity contribution is 5.28. The average molecular weight is 219 g/mol. The second kappa shape index (κ2) is 5.39. The van der Waals surface area contributed by atoms with Gasteiger partial charge in [0.25, 0.3) is 0 Å². The molecule has 0 aromatic carbocycles. The largest absolute Gasteiger partial charge is 0.312 e. The molecule has 88 valence electrons. The molecule has 0 saturated carbocycles. The average Bonchev–Trinajstić information content (AvgIpc) is 2.35. The van der Waals surface area contributed by atoms with E-state index in [9.17, 15) is 0 Å². The van der Waals surface area contributed by atoms with Gasteiger partial charge in [0, 0.05) is 37.2 Å². The smallest absolute Gasteiger partial charge is 0.128 e. The van der Waals surface area contributed by atoms with Gasteiger partial charge in [-0.2, -0.15) is 0 Å². The van der Waals surface area contributed by atoms with Crippen molar-refractivity contribution in [2.24, 2.45) is 0 Å². The van der Waals surface area contributed by atoms with Crippen LogP contribution in [0.25, 0.3) is 0 Å². The molecule has 0 atom stereocenters. The molecule has 1 aromatic rings. The van der Waals surface area contributed by atoms with Crippen molar-refractivity contribution in [3.8, 4) is 0 Å². The molecule has 1 aromatic heterocycles. The Morgan fingerprint density at radius 1 is 1.25 bits per heavy atom. The zero-order valence-corrected chi connectivity index (χ0v) is 10.3. The second-order valence-electron chi connectivity index (χ2n) is 4.40. The van der Waals surface area contributed by atoms with Crippen molar-refractivity contribution in [3.05, 3.63) is 22.8 Å². The van der Waals surface area contributed by atoms with Crippen molar-refractivity contribution in [1.29, 1.82) is 0 Å². The minimum absolute atomic E-state index is 0.951. The number of hydrogen-bond acceptors (Lipinski definition) is 3. The van der Waals surface area contributed by atoms with Crippen molar-refractivity contribution < 1.29 is 0 Å². The predicted molar refractivity (Wildman–Crippen MR) is 65.4 cm³/mol. The van der Waals surface area contributed by atoms with Crippen molar-refractivity contribution >= 4 is 0 Å². The van der Waals surface area contributed by atoms with E-state index in [4.69, 9.17) is 9.97 Å². The van der Waals surface area contributed by atoms with Gasteiger partial charge < -0.3 is 5.32 Å². The maximum atomic E-state index is 4.71. The number of fused-ring (bicyclic) bond motifs is 1. The first kappa shape index (κ1) is 11.5. The zero-order valence-electron chi connectivity index (χ0n) is 10.3. The molecule has 0 spiro atoms. The molecule has 0 radical (unpaired) electrons. The van der Waals surface area contributed by atoms with Gasteiger partial charge in [0.05, 0.1) is 5.69 Å². The maximum Gasteiger partial charge on any atom is 0.128 e. The Balaban J connectivity index is 2.28. The summed E-state index contributed by atoms with van der Waals surface area (Å²) in [5.41, 5.74) is 3.90. The van der Waals surface area contributed by atoms with Crippen LogP contribution in [-0.2, 0) is 25.8 Å². The second-order valence-corrected chi connectivity index (χ2v) is 4.40. The molecule has 0 aliphatic carbocycles. The van der Waals surface area contributed by atoms with Crippen molar-refractivity contribution in [2.75, 3.05) is 6.54 Å². The Morgan fingerprint density at radius 3 is 2.88 bits per heavy atom. The molecular weight excluding hydrogens is 198 g/mol. The molecule has 0 fully saturated rings. The first-order chi connectivity index (χ1) is 7.85. The number of rotatable bonds is 4. The molecule has 0 amide bonds. The lowest BCUT2D eigenvalue weighted by Gasteiger charge is -2.19. The van der Waals surface area contributed by atoms with E-state index in [1.54, 1.807) is 0 Å². The summed E-state index contributed by atoms with van der Waals surface area (Å²) in [5, 5.41) is 3.40. The van der Waals surface area contributed by atoms with Gasteiger partial charge in [0.2, 0.25) is 0 Å². The maximum absolute atomic E-state index is 4.71. The molecule has 16 heavy (non-hydrogen) atoms. The highest BCUT2D eigenvalue weighted by Crippen LogP contribution is 2.16. The Morgan fingerprint density at radius 2 is 2.12 bits per heavy atom. The topological polar surface area (TPSA) is 37.8 Å². The summed E-state index contributed by atoms with van der Waals surface area (Å²) in [7, 11) is 0. The van der Waals surface area contributed by atoms with E-state index in [0.717, 1.165) is 38.2 Å². The molecule has 1 N–H and O–H groups in total. The predicted octanol–water partition coefficient (Wildman–Crippen LogP) is 2.03. The van der Waals surface area contributed by atoms with Gasteiger partial charge in [-0.3, -0.25) is 0 Å². The van der Waals surface area contributed by atoms with Gasteiger partial charge in [-0.1, -0.05) is 20.3 Å². The highest BCUT2D eigenvalue weighted by atomic mass is 14.9. The number of nitrogens with one attached hydrogen (secondary N) is 1. The Kier molecular flexibility index (Phi) is 3.88. The fraction of sp³-hybridized carbons (Fsp3) is 0.692. The lowest BCUT2D eigenvalue weighted by atomic mass is 10.0. The molecule has 2 rings (SSSR count). The van der Waals surface area contributed by atoms with Crippen LogP contribution in [0.1, 0.15) is 49.5 Å². The zero-order chi connectivity index (χ0) is 11.4. The van der Waals surface area contributed by atoms with Gasteiger partial charge in [-0.25, -0.2) is 9.97 Å². The quantitative estimate of drug-likeness (QED) is 0.842. The van der Waals surface area contributed by atoms with E-state index in [2.05, 4.69) is 19.2 Å². The van der Waals surface area contributed by atoms with Crippen molar-refractivity contribution in [1.82, 2.24) is 15.3 Å². The Bertz CT molecular complexity index is 343. The fourth-order valence-electron chi connectivity index (χ4n) is 2.21. The van der Waals surface area contributed by atoms with E-state index in [0.29, 0.717) is 0 Å². The summed E-state index contributed by atoms with van der Waals surface area (Å²) < 4.78 is 0. The summed E-state index contributed by atoms with van der Waals surface area (Å²) in [6.07, 6.45) is 5.52. The number of aromatic nitrogens is 2. The normalized spacial score (nSPS) is 14.9. The number of nitrogens with zero attached hydrogens (tertiary/aromatic N) is 2. The minimum Gasteiger partial charge on any atom is -0.312 e. The summed E-state index contributed by atoms with van der Waals surface area (Å²) in [6, 6.07) is 0. The first-order valence-electron chi connectivity index (χ1n) is 6.43. The lowest BCUT2D eigenvalue weighted by Crippen LogP contribution is -2.27. The number of aryl methyl sites for hydroxylation is 2. The van der Waals surface area contributed by atoms with E-state index in [1.165, 1.54) is 29.8 Å². The first-order valence-corrected chi connectivity index (χ1v) is 6.43. The third-order valence-electron chi connectivity index (χ3n) is 3.15. The number of hydrogen-bond donors (Lipinski definition) is 1. The van der Waals surface area contributed by atoms with Gasteiger partial charge in [0.15, 0.2) is 0 Å². The molecular formula is C13H21N3. The van der Waals surface area contributed by atoms with Crippen LogP contribution in [0.3, 0.4) is 0 Å². The highest BCUT2D eigenvalue weighted by Gasteiger charge is 2.15. The van der Waals surface area contributed by atoms with Crippen LogP contribution in [0.4, 0.5) is 0 Å². The molecule has 3 heteroatoms. The monoisotopic (exact) mass is 219 g/mol. The van der Waals surface area contributed by atoms with Crippen LogP contribution in [-0.4, -0.2) is 16.5 Å². The fourth-order valence-corrected chi connectivity index (χ4v) is 2.21. The Hall–Kier alpha value is -0.960. The summed E-state index contributed by atoms with van der Waals surface area (Å²) in [6.45, 7) is 6.40. The lowest BCUT2D eigenvalue weighted by molar-refractivity contribution is 0.606. The van der Waals surface area contributed by atoms with Gasteiger partial charge in [-0.15, -0.1) is 0 Å². The van der Waals surface area contributed by atoms with Gasteiger partial charge in [0.1, 0.15) is 5.82 Å². The van der Waals surface area contributed by atoms with E-state index < -0.39 is 0 Å². The summed E-state index contributed by atoms with van der Waals surface area (Å²) >= 11 is 0. The van der Waals surface area contributed by atoms with Crippen LogP contribution >= 0.6 is 0 Å². The molecule has 0 unspecified atom stereocenters. The van der Waals surface area contributed by atoms with Gasteiger partial charge in [-0.05, 0) is 12.8 Å². The minimum atomic E-state index is 0.951. The standard InChI is InChI=1S/C13H21N3/c1-3-5-6-13-15-11(4-2)10-9-14-8-7-12(10)16-13/h14H,3-9H2,1-2H3. The molecule has 0 bridgehead atoms. The van der Waals surface area contributed by atoms with Gasteiger partial charge >= 0.3 is 0 Å². The van der Waals surface area contributed by atoms with E-state index in [-0.39, 0.29) is 0 Å². The Labute approximate surface area is 97.7 Å². The van der Waals surface area contributed by atoms with Crippen molar-refractivity contribution in [2.45, 2.75) is 52.5 Å². The van der Waals surface area contributed by atoms with Crippen LogP contribution < -0.4 is 5.32 Å². The van der Waals surface area contributed by atoms with E-state index in [1.807, 2.05) is 0 Å². The third kappa shape index (κ3) is 2.40. The molecule has 0 saturated heterocycles. The van der Waals surface area contributed by atoms with Crippen molar-refractivity contribution in [3.63, 3.8) is 0 Å². The van der Waals surface area contributed by atoms with Crippen LogP contribution in [0.5, 0.6) is 0 Å². The molecule has 2 heterocycles. The molecule has 1 aliphatic heterocycles. The third-order valence-corrected chi connectivity index (χ3v) is 3.15. The number of unbranched alkanes of at least 4 members (excludes halogenated alkanes) is 1. The van der Waals surface area contributed by atoms with Crippen LogP contribution in [0.2, 0.25) is 0 Å². The summed E-state index contributed by atoms with van der Waals surface area (Å²) in [5.74, 6) is 1.05. The SMILES string of the molecule is CCCCc1nc(CC)c2c(n1)CCNC2. The van der Waals surface area contributed by atoms with E-state index >= 15 is 0 Å². The molecule has 1 aliphatic rings.